The van der Waals surface area contributed by atoms with Crippen LogP contribution in [0.1, 0.15) is 0 Å². The first-order valence-electron chi connectivity index (χ1n) is 0.783. The van der Waals surface area contributed by atoms with Crippen molar-refractivity contribution in [3.05, 3.63) is 0 Å². The first-order chi connectivity index (χ1) is 2.00. The molecular weight excluding hydrogens is 165 g/mol. The Hall–Kier alpha value is 0.766. The summed E-state index contributed by atoms with van der Waals surface area (Å²) in [4.78, 5) is 0. The van der Waals surface area contributed by atoms with Gasteiger partial charge in [0.1, 0.15) is 0 Å². The molecule has 3 N–H and O–H groups in total. The van der Waals surface area contributed by atoms with Crippen LogP contribution < -0.4 is 0 Å². The summed E-state index contributed by atoms with van der Waals surface area (Å²) in [6.45, 7) is 0. The number of hydrogen-bond donors (Lipinski definition) is 3. The van der Waals surface area contributed by atoms with Gasteiger partial charge in [0.25, 0.3) is 0 Å². The Bertz CT molecular complexity index is 57.8. The van der Waals surface area contributed by atoms with Gasteiger partial charge < -0.3 is 0 Å². The van der Waals surface area contributed by atoms with E-state index in [-0.39, 0.29) is 23.6 Å². The van der Waals surface area contributed by atoms with Gasteiger partial charge in [-0.25, -0.2) is 0 Å². The summed E-state index contributed by atoms with van der Waals surface area (Å²) in [5, 5.41) is 0. The van der Waals surface area contributed by atoms with Crippen LogP contribution in [-0.4, -0.2) is 45.7 Å². The molecule has 0 aromatic rings. The van der Waals surface area contributed by atoms with Crippen LogP contribution in [-0.2, 0) is 3.74 Å². The maximum atomic E-state index is 8.94. The Balaban J connectivity index is -0.0000000800. The molecule has 0 aromatic carbocycles. The molecule has 0 fully saturated rings. The number of halogens is 1. The summed E-state index contributed by atoms with van der Waals surface area (Å²) >= 11 is -5.12. The van der Waals surface area contributed by atoms with E-state index in [2.05, 4.69) is 0 Å². The van der Waals surface area contributed by atoms with Crippen molar-refractivity contribution >= 4 is 33.4 Å². The Labute approximate surface area is 54.4 Å². The van der Waals surface area contributed by atoms with Gasteiger partial charge in [0.15, 0.2) is 0 Å². The van der Waals surface area contributed by atoms with E-state index >= 15 is 0 Å². The van der Waals surface area contributed by atoms with E-state index in [1.807, 2.05) is 0 Å². The fraction of sp³-hybridized carbons (Fsp3) is 0. The van der Waals surface area contributed by atoms with Gasteiger partial charge in [-0.1, -0.05) is 0 Å². The van der Waals surface area contributed by atoms with Crippen molar-refractivity contribution in [1.82, 2.24) is 0 Å². The van der Waals surface area contributed by atoms with E-state index in [0.717, 1.165) is 0 Å². The van der Waals surface area contributed by atoms with Crippen molar-refractivity contribution in [2.45, 2.75) is 0 Å². The van der Waals surface area contributed by atoms with Gasteiger partial charge in [-0.05, 0) is 0 Å². The summed E-state index contributed by atoms with van der Waals surface area (Å²) in [5.41, 5.74) is 0. The molecule has 1 radical (unpaired) electrons. The number of hydrogen-bond acceptors (Lipinski definition) is 1. The molecule has 0 bridgehead atoms. The van der Waals surface area contributed by atoms with Crippen LogP contribution in [0.3, 0.4) is 0 Å². The normalized spacial score (nSPS) is 8.43. The quantitative estimate of drug-likeness (QED) is 0.353. The third-order valence-corrected chi connectivity index (χ3v) is 0. The maximum Gasteiger partial charge on any atom is 0 e. The first-order valence-corrected chi connectivity index (χ1v) is 4.07. The molecule has 0 aromatic heterocycles. The van der Waals surface area contributed by atoms with Crippen LogP contribution in [0.2, 0.25) is 0 Å². The molecule has 0 atom stereocenters. The van der Waals surface area contributed by atoms with Crippen molar-refractivity contribution in [3.63, 3.8) is 0 Å². The molecule has 0 spiro atoms. The largest absolute Gasteiger partial charge is 0 e. The van der Waals surface area contributed by atoms with Crippen LogP contribution in [0.5, 0.6) is 0 Å². The zero-order valence-corrected chi connectivity index (χ0v) is 5.48. The predicted molar refractivity (Wildman–Crippen MR) is 21.4 cm³/mol. The van der Waals surface area contributed by atoms with Crippen LogP contribution in [0, 0.1) is 0 Å². The molecule has 0 aliphatic rings. The summed E-state index contributed by atoms with van der Waals surface area (Å²) in [6.07, 6.45) is 0. The van der Waals surface area contributed by atoms with E-state index in [1.165, 1.54) is 0 Å². The van der Waals surface area contributed by atoms with Crippen molar-refractivity contribution in [2.75, 3.05) is 0 Å². The minimum atomic E-state index is -5.12. The van der Waals surface area contributed by atoms with E-state index < -0.39 is 14.5 Å². The third-order valence-electron chi connectivity index (χ3n) is 0. The third kappa shape index (κ3) is 262. The predicted octanol–water partition coefficient (Wildman–Crippen LogP) is -2.40. The zero-order valence-electron chi connectivity index (χ0n) is 3.61. The zero-order chi connectivity index (χ0) is 4.50. The molecular formula is H4AsFLiO4. The fourth-order valence-corrected chi connectivity index (χ4v) is 0. The van der Waals surface area contributed by atoms with Crippen molar-refractivity contribution in [2.24, 2.45) is 0 Å². The molecule has 7 heavy (non-hydrogen) atoms. The van der Waals surface area contributed by atoms with E-state index in [1.54, 1.807) is 0 Å². The minimum Gasteiger partial charge on any atom is 0 e. The SMILES string of the molecule is F.O=[As](O)(O)O.[Li]. The van der Waals surface area contributed by atoms with E-state index in [9.17, 15) is 0 Å². The molecule has 0 saturated carbocycles. The molecule has 41 valence electrons. The molecule has 0 amide bonds. The molecule has 0 aliphatic carbocycles. The van der Waals surface area contributed by atoms with Gasteiger partial charge in [0.2, 0.25) is 0 Å². The maximum absolute atomic E-state index is 8.94. The average Bonchev–Trinajstić information content (AvgIpc) is 0.722. The van der Waals surface area contributed by atoms with Crippen LogP contribution in [0.25, 0.3) is 0 Å². The molecule has 0 aliphatic heterocycles. The Morgan fingerprint density at radius 2 is 1.14 bits per heavy atom. The Morgan fingerprint density at radius 1 is 1.14 bits per heavy atom. The molecule has 7 heteroatoms. The van der Waals surface area contributed by atoms with Crippen molar-refractivity contribution in [1.29, 1.82) is 0 Å². The summed E-state index contributed by atoms with van der Waals surface area (Å²) < 4.78 is 30.7. The molecule has 0 rings (SSSR count). The van der Waals surface area contributed by atoms with Gasteiger partial charge in [-0.3, -0.25) is 4.70 Å². The molecule has 0 unspecified atom stereocenters. The summed E-state index contributed by atoms with van der Waals surface area (Å²) in [7, 11) is 0. The van der Waals surface area contributed by atoms with Gasteiger partial charge >= 0.3 is 30.5 Å². The number of rotatable bonds is 0. The Morgan fingerprint density at radius 3 is 1.14 bits per heavy atom. The van der Waals surface area contributed by atoms with Crippen molar-refractivity contribution in [3.8, 4) is 0 Å². The second kappa shape index (κ2) is 4.91. The van der Waals surface area contributed by atoms with Gasteiger partial charge in [-0.2, -0.15) is 0 Å². The standard InChI is InChI=1S/AsH3O4.FH.Li/c2-1(3,4)5;;/h(H3,2,3,4,5);1H;. The second-order valence-electron chi connectivity index (χ2n) is 0.513. The Kier molecular flexibility index (Phi) is 11.0. The topological polar surface area (TPSA) is 77.8 Å². The van der Waals surface area contributed by atoms with Gasteiger partial charge in [-0.15, -0.1) is 0 Å². The van der Waals surface area contributed by atoms with E-state index in [0.29, 0.717) is 0 Å². The summed E-state index contributed by atoms with van der Waals surface area (Å²) in [5.74, 6) is 0. The van der Waals surface area contributed by atoms with E-state index in [4.69, 9.17) is 16.0 Å². The first kappa shape index (κ1) is 15.7. The van der Waals surface area contributed by atoms with Crippen LogP contribution in [0.4, 0.5) is 4.70 Å². The van der Waals surface area contributed by atoms with Gasteiger partial charge in [0.05, 0.1) is 0 Å². The summed E-state index contributed by atoms with van der Waals surface area (Å²) in [6, 6.07) is 0. The van der Waals surface area contributed by atoms with Crippen molar-refractivity contribution < 1.29 is 20.7 Å². The van der Waals surface area contributed by atoms with Crippen LogP contribution in [0.15, 0.2) is 0 Å². The van der Waals surface area contributed by atoms with Crippen LogP contribution >= 0.6 is 0 Å². The minimum absolute atomic E-state index is 0. The fourth-order valence-electron chi connectivity index (χ4n) is 0. The smallest absolute Gasteiger partial charge is 0 e. The average molecular weight is 169 g/mol. The second-order valence-corrected chi connectivity index (χ2v) is 2.67. The molecule has 0 saturated heterocycles. The molecule has 0 heterocycles. The monoisotopic (exact) mass is 169 g/mol. The molecule has 4 nitrogen and oxygen atoms in total. The van der Waals surface area contributed by atoms with Gasteiger partial charge in [0, 0.05) is 18.9 Å².